The van der Waals surface area contributed by atoms with Crippen LogP contribution < -0.4 is 11.1 Å². The van der Waals surface area contributed by atoms with Crippen molar-refractivity contribution in [1.29, 1.82) is 0 Å². The number of alkyl halides is 6. The summed E-state index contributed by atoms with van der Waals surface area (Å²) in [6, 6.07) is 0. The van der Waals surface area contributed by atoms with Crippen LogP contribution in [0.25, 0.3) is 0 Å². The predicted molar refractivity (Wildman–Crippen MR) is 51.2 cm³/mol. The molecule has 0 aromatic carbocycles. The molecule has 112 valence electrons. The van der Waals surface area contributed by atoms with E-state index in [2.05, 4.69) is 5.16 Å². The van der Waals surface area contributed by atoms with Crippen LogP contribution in [0.3, 0.4) is 0 Å². The second kappa shape index (κ2) is 5.97. The van der Waals surface area contributed by atoms with E-state index >= 15 is 0 Å². The van der Waals surface area contributed by atoms with Gasteiger partial charge in [-0.2, -0.15) is 26.3 Å². The van der Waals surface area contributed by atoms with Gasteiger partial charge in [-0.15, -0.1) is 0 Å². The Labute approximate surface area is 103 Å². The summed E-state index contributed by atoms with van der Waals surface area (Å²) in [6.07, 6.45) is -11.5. The summed E-state index contributed by atoms with van der Waals surface area (Å²) < 4.78 is 72.9. The van der Waals surface area contributed by atoms with Crippen LogP contribution in [0.5, 0.6) is 0 Å². The molecule has 4 N–H and O–H groups in total. The van der Waals surface area contributed by atoms with Gasteiger partial charge < -0.3 is 16.3 Å². The van der Waals surface area contributed by atoms with E-state index in [1.54, 1.807) is 0 Å². The maximum Gasteiger partial charge on any atom is 0.409 e. The Kier molecular flexibility index (Phi) is 5.45. The Balaban J connectivity index is 4.79. The second-order valence-corrected chi connectivity index (χ2v) is 3.69. The van der Waals surface area contributed by atoms with E-state index in [0.29, 0.717) is 0 Å². The topological polar surface area (TPSA) is 87.7 Å². The van der Waals surface area contributed by atoms with Gasteiger partial charge in [0, 0.05) is 12.5 Å². The summed E-state index contributed by atoms with van der Waals surface area (Å²) in [5.74, 6) is -7.70. The summed E-state index contributed by atoms with van der Waals surface area (Å²) >= 11 is 0. The van der Waals surface area contributed by atoms with E-state index in [9.17, 15) is 31.1 Å². The van der Waals surface area contributed by atoms with E-state index in [0.717, 1.165) is 0 Å². The Morgan fingerprint density at radius 2 is 1.68 bits per heavy atom. The number of oxime groups is 1. The minimum absolute atomic E-state index is 0.434. The fourth-order valence-electron chi connectivity index (χ4n) is 1.04. The Bertz CT molecular complexity index is 337. The predicted octanol–water partition coefficient (Wildman–Crippen LogP) is 1.23. The molecule has 11 heteroatoms. The first-order chi connectivity index (χ1) is 8.41. The monoisotopic (exact) mass is 295 g/mol. The minimum Gasteiger partial charge on any atom is -0.409 e. The van der Waals surface area contributed by atoms with Crippen LogP contribution in [-0.2, 0) is 4.79 Å². The van der Waals surface area contributed by atoms with Gasteiger partial charge >= 0.3 is 12.4 Å². The molecule has 0 saturated carbocycles. The molecule has 0 aliphatic carbocycles. The number of halogens is 6. The molecule has 1 atom stereocenters. The van der Waals surface area contributed by atoms with Crippen molar-refractivity contribution in [2.45, 2.75) is 19.3 Å². The SMILES string of the molecule is CC(CNC(=O)C(C(F)(F)F)C(F)(F)F)C(N)=NO. The first kappa shape index (κ1) is 17.3. The summed E-state index contributed by atoms with van der Waals surface area (Å²) in [7, 11) is 0. The van der Waals surface area contributed by atoms with Crippen molar-refractivity contribution in [1.82, 2.24) is 5.32 Å². The van der Waals surface area contributed by atoms with Gasteiger partial charge in [-0.3, -0.25) is 4.79 Å². The number of nitrogens with zero attached hydrogens (tertiary/aromatic N) is 1. The van der Waals surface area contributed by atoms with E-state index in [1.165, 1.54) is 12.2 Å². The fraction of sp³-hybridized carbons (Fsp3) is 0.750. The zero-order valence-electron chi connectivity index (χ0n) is 9.51. The highest BCUT2D eigenvalue weighted by Gasteiger charge is 2.61. The molecule has 0 aromatic heterocycles. The van der Waals surface area contributed by atoms with Crippen LogP contribution in [-0.4, -0.2) is 35.8 Å². The van der Waals surface area contributed by atoms with Gasteiger partial charge in [0.15, 0.2) is 0 Å². The number of nitrogens with one attached hydrogen (secondary N) is 1. The van der Waals surface area contributed by atoms with Crippen molar-refractivity contribution < 1.29 is 36.3 Å². The molecular weight excluding hydrogens is 284 g/mol. The first-order valence-corrected chi connectivity index (χ1v) is 4.79. The summed E-state index contributed by atoms with van der Waals surface area (Å²) in [5, 5.41) is 12.2. The summed E-state index contributed by atoms with van der Waals surface area (Å²) in [5.41, 5.74) is 5.05. The number of amidine groups is 1. The maximum absolute atomic E-state index is 12.1. The quantitative estimate of drug-likeness (QED) is 0.240. The van der Waals surface area contributed by atoms with Gasteiger partial charge in [-0.05, 0) is 0 Å². The van der Waals surface area contributed by atoms with Gasteiger partial charge in [0.05, 0.1) is 0 Å². The van der Waals surface area contributed by atoms with Gasteiger partial charge in [0.25, 0.3) is 0 Å². The van der Waals surface area contributed by atoms with E-state index < -0.39 is 42.5 Å². The number of carbonyl (C=O) groups is 1. The lowest BCUT2D eigenvalue weighted by Gasteiger charge is -2.22. The molecule has 5 nitrogen and oxygen atoms in total. The molecule has 0 fully saturated rings. The molecule has 0 spiro atoms. The number of amides is 1. The lowest BCUT2D eigenvalue weighted by molar-refractivity contribution is -0.274. The number of hydrogen-bond acceptors (Lipinski definition) is 3. The minimum atomic E-state index is -5.75. The van der Waals surface area contributed by atoms with Gasteiger partial charge in [-0.1, -0.05) is 12.1 Å². The molecule has 0 bridgehead atoms. The second-order valence-electron chi connectivity index (χ2n) is 3.69. The van der Waals surface area contributed by atoms with Crippen LogP contribution in [0.1, 0.15) is 6.92 Å². The lowest BCUT2D eigenvalue weighted by atomic mass is 10.1. The molecule has 0 rings (SSSR count). The van der Waals surface area contributed by atoms with Crippen molar-refractivity contribution in [2.24, 2.45) is 22.7 Å². The number of hydrogen-bond donors (Lipinski definition) is 3. The van der Waals surface area contributed by atoms with Crippen molar-refractivity contribution in [3.8, 4) is 0 Å². The van der Waals surface area contributed by atoms with Gasteiger partial charge in [0.2, 0.25) is 11.8 Å². The summed E-state index contributed by atoms with van der Waals surface area (Å²) in [4.78, 5) is 11.0. The molecule has 19 heavy (non-hydrogen) atoms. The van der Waals surface area contributed by atoms with Crippen LogP contribution in [0.4, 0.5) is 26.3 Å². The van der Waals surface area contributed by atoms with E-state index in [-0.39, 0.29) is 0 Å². The Hall–Kier alpha value is -1.68. The molecule has 1 unspecified atom stereocenters. The van der Waals surface area contributed by atoms with Crippen LogP contribution in [0, 0.1) is 11.8 Å². The smallest absolute Gasteiger partial charge is 0.409 e. The van der Waals surface area contributed by atoms with Crippen molar-refractivity contribution in [3.05, 3.63) is 0 Å². The zero-order chi connectivity index (χ0) is 15.4. The number of carbonyl (C=O) groups excluding carboxylic acids is 1. The third-order valence-corrected chi connectivity index (χ3v) is 2.12. The normalized spacial score (nSPS) is 15.5. The lowest BCUT2D eigenvalue weighted by Crippen LogP contribution is -2.49. The highest BCUT2D eigenvalue weighted by atomic mass is 19.4. The third-order valence-electron chi connectivity index (χ3n) is 2.12. The van der Waals surface area contributed by atoms with Crippen LogP contribution in [0.15, 0.2) is 5.16 Å². The largest absolute Gasteiger partial charge is 0.409 e. The maximum atomic E-state index is 12.1. The van der Waals surface area contributed by atoms with Crippen molar-refractivity contribution in [2.75, 3.05) is 6.54 Å². The third kappa shape index (κ3) is 5.22. The molecule has 0 heterocycles. The highest BCUT2D eigenvalue weighted by Crippen LogP contribution is 2.39. The molecule has 0 saturated heterocycles. The number of rotatable bonds is 4. The first-order valence-electron chi connectivity index (χ1n) is 4.79. The fourth-order valence-corrected chi connectivity index (χ4v) is 1.04. The Morgan fingerprint density at radius 1 is 1.26 bits per heavy atom. The molecular formula is C8H11F6N3O2. The number of nitrogens with two attached hydrogens (primary N) is 1. The Morgan fingerprint density at radius 3 is 2.00 bits per heavy atom. The van der Waals surface area contributed by atoms with E-state index in [1.807, 2.05) is 0 Å². The van der Waals surface area contributed by atoms with Gasteiger partial charge in [-0.25, -0.2) is 0 Å². The van der Waals surface area contributed by atoms with E-state index in [4.69, 9.17) is 10.9 Å². The zero-order valence-corrected chi connectivity index (χ0v) is 9.51. The van der Waals surface area contributed by atoms with Crippen molar-refractivity contribution >= 4 is 11.7 Å². The average Bonchev–Trinajstić information content (AvgIpc) is 2.20. The van der Waals surface area contributed by atoms with Crippen LogP contribution >= 0.6 is 0 Å². The average molecular weight is 295 g/mol. The van der Waals surface area contributed by atoms with Crippen LogP contribution in [0.2, 0.25) is 0 Å². The molecule has 0 aromatic rings. The van der Waals surface area contributed by atoms with Gasteiger partial charge in [0.1, 0.15) is 5.84 Å². The molecule has 1 amide bonds. The highest BCUT2D eigenvalue weighted by molar-refractivity contribution is 5.84. The standard InChI is InChI=1S/C8H11F6N3O2/c1-3(5(15)17-19)2-16-6(18)4(7(9,10)11)8(12,13)14/h3-4,19H,2H2,1H3,(H2,15,17)(H,16,18). The van der Waals surface area contributed by atoms with Crippen molar-refractivity contribution in [3.63, 3.8) is 0 Å². The molecule has 0 aliphatic rings. The summed E-state index contributed by atoms with van der Waals surface area (Å²) in [6.45, 7) is 0.614. The molecule has 0 aliphatic heterocycles. The molecule has 0 radical (unpaired) electrons.